The normalized spacial score (nSPS) is 12.4. The molecule has 3 N–H and O–H groups in total. The van der Waals surface area contributed by atoms with Crippen molar-refractivity contribution >= 4 is 23.0 Å². The van der Waals surface area contributed by atoms with E-state index in [2.05, 4.69) is 19.9 Å². The molecule has 8 heteroatoms. The smallest absolute Gasteiger partial charge is 0.300 e. The van der Waals surface area contributed by atoms with Crippen LogP contribution in [0.25, 0.3) is 11.2 Å². The fourth-order valence-electron chi connectivity index (χ4n) is 2.40. The Kier molecular flexibility index (Phi) is 3.42. The number of carbonyl (C=O) groups is 1. The van der Waals surface area contributed by atoms with E-state index in [1.165, 1.54) is 6.33 Å². The average molecular weight is 298 g/mol. The van der Waals surface area contributed by atoms with Crippen LogP contribution in [0.2, 0.25) is 0 Å². The second-order valence-corrected chi connectivity index (χ2v) is 4.77. The van der Waals surface area contributed by atoms with Gasteiger partial charge < -0.3 is 10.7 Å². The standard InChI is InChI=1S/C14H14N6O2/c1-2-8(9-5-3-4-6-16-9)13(22)20-11-10(17-7-18-11)12(21)19-14(20)15/h3-8H,2H2,1H3,(H,17,18)(H2,15,19,21). The first-order valence-corrected chi connectivity index (χ1v) is 6.80. The van der Waals surface area contributed by atoms with E-state index in [1.54, 1.807) is 18.3 Å². The van der Waals surface area contributed by atoms with Crippen LogP contribution in [0.1, 0.15) is 29.8 Å². The van der Waals surface area contributed by atoms with E-state index in [-0.39, 0.29) is 23.0 Å². The second kappa shape index (κ2) is 5.40. The van der Waals surface area contributed by atoms with Crippen molar-refractivity contribution in [1.29, 1.82) is 0 Å². The molecule has 8 nitrogen and oxygen atoms in total. The second-order valence-electron chi connectivity index (χ2n) is 4.77. The summed E-state index contributed by atoms with van der Waals surface area (Å²) >= 11 is 0. The molecule has 3 heterocycles. The molecule has 112 valence electrons. The maximum absolute atomic E-state index is 12.9. The van der Waals surface area contributed by atoms with Gasteiger partial charge in [-0.05, 0) is 18.6 Å². The molecule has 0 saturated heterocycles. The van der Waals surface area contributed by atoms with Gasteiger partial charge in [-0.2, -0.15) is 4.98 Å². The largest absolute Gasteiger partial charge is 0.369 e. The zero-order valence-corrected chi connectivity index (χ0v) is 11.9. The summed E-state index contributed by atoms with van der Waals surface area (Å²) in [4.78, 5) is 39.2. The topological polar surface area (TPSA) is 120 Å². The summed E-state index contributed by atoms with van der Waals surface area (Å²) in [6.45, 7) is 1.88. The molecule has 0 saturated carbocycles. The van der Waals surface area contributed by atoms with Crippen molar-refractivity contribution in [2.24, 2.45) is 0 Å². The van der Waals surface area contributed by atoms with Gasteiger partial charge in [0.15, 0.2) is 11.2 Å². The third kappa shape index (κ3) is 2.14. The van der Waals surface area contributed by atoms with E-state index in [0.717, 1.165) is 4.57 Å². The molecule has 0 aliphatic rings. The molecule has 0 aliphatic heterocycles. The van der Waals surface area contributed by atoms with Gasteiger partial charge in [-0.1, -0.05) is 13.0 Å². The van der Waals surface area contributed by atoms with Crippen molar-refractivity contribution in [2.45, 2.75) is 19.3 Å². The Hall–Kier alpha value is -3.03. The molecular weight excluding hydrogens is 284 g/mol. The lowest BCUT2D eigenvalue weighted by atomic mass is 10.0. The molecule has 3 aromatic rings. The van der Waals surface area contributed by atoms with Crippen molar-refractivity contribution in [3.63, 3.8) is 0 Å². The highest BCUT2D eigenvalue weighted by molar-refractivity contribution is 5.93. The van der Waals surface area contributed by atoms with Crippen molar-refractivity contribution in [1.82, 2.24) is 24.5 Å². The maximum Gasteiger partial charge on any atom is 0.300 e. The van der Waals surface area contributed by atoms with E-state index >= 15 is 0 Å². The molecule has 3 aromatic heterocycles. The minimum Gasteiger partial charge on any atom is -0.369 e. The van der Waals surface area contributed by atoms with Gasteiger partial charge in [-0.15, -0.1) is 0 Å². The molecule has 0 amide bonds. The van der Waals surface area contributed by atoms with Gasteiger partial charge in [-0.25, -0.2) is 9.55 Å². The van der Waals surface area contributed by atoms with Crippen LogP contribution < -0.4 is 11.3 Å². The SMILES string of the molecule is CCC(C(=O)n1c(N)nc(=O)c2[nH]cnc21)c1ccccn1. The van der Waals surface area contributed by atoms with Crippen molar-refractivity contribution in [3.8, 4) is 0 Å². The Bertz CT molecular complexity index is 883. The number of fused-ring (bicyclic) bond motifs is 1. The van der Waals surface area contributed by atoms with Crippen molar-refractivity contribution < 1.29 is 4.79 Å². The molecule has 1 unspecified atom stereocenters. The van der Waals surface area contributed by atoms with Crippen LogP contribution in [0.15, 0.2) is 35.5 Å². The number of nitrogens with zero attached hydrogens (tertiary/aromatic N) is 4. The van der Waals surface area contributed by atoms with Gasteiger partial charge in [0, 0.05) is 6.20 Å². The third-order valence-corrected chi connectivity index (χ3v) is 3.46. The average Bonchev–Trinajstić information content (AvgIpc) is 2.99. The molecule has 0 aromatic carbocycles. The van der Waals surface area contributed by atoms with Gasteiger partial charge in [0.1, 0.15) is 0 Å². The fraction of sp³-hybridized carbons (Fsp3) is 0.214. The lowest BCUT2D eigenvalue weighted by Gasteiger charge is -2.16. The predicted molar refractivity (Wildman–Crippen MR) is 80.5 cm³/mol. The summed E-state index contributed by atoms with van der Waals surface area (Å²) in [5.74, 6) is -0.986. The number of aromatic nitrogens is 5. The molecule has 1 atom stereocenters. The number of nitrogens with two attached hydrogens (primary N) is 1. The fourth-order valence-corrected chi connectivity index (χ4v) is 2.40. The quantitative estimate of drug-likeness (QED) is 0.742. The Labute approximate surface area is 125 Å². The van der Waals surface area contributed by atoms with E-state index in [9.17, 15) is 9.59 Å². The summed E-state index contributed by atoms with van der Waals surface area (Å²) in [5, 5.41) is 0. The van der Waals surface area contributed by atoms with Crippen LogP contribution in [0, 0.1) is 0 Å². The van der Waals surface area contributed by atoms with Gasteiger partial charge in [0.2, 0.25) is 11.9 Å². The lowest BCUT2D eigenvalue weighted by molar-refractivity contribution is 0.0879. The number of H-pyrrole nitrogens is 1. The van der Waals surface area contributed by atoms with E-state index in [1.807, 2.05) is 13.0 Å². The first kappa shape index (κ1) is 13.9. The summed E-state index contributed by atoms with van der Waals surface area (Å²) in [5.41, 5.74) is 6.20. The van der Waals surface area contributed by atoms with E-state index in [4.69, 9.17) is 5.73 Å². The van der Waals surface area contributed by atoms with Crippen LogP contribution in [0.4, 0.5) is 5.95 Å². The number of nitrogens with one attached hydrogen (secondary N) is 1. The van der Waals surface area contributed by atoms with Crippen molar-refractivity contribution in [2.75, 3.05) is 5.73 Å². The number of hydrogen-bond acceptors (Lipinski definition) is 6. The Balaban J connectivity index is 2.16. The minimum absolute atomic E-state index is 0.151. The monoisotopic (exact) mass is 298 g/mol. The number of aromatic amines is 1. The zero-order chi connectivity index (χ0) is 15.7. The Morgan fingerprint density at radius 2 is 2.23 bits per heavy atom. The molecule has 0 fully saturated rings. The van der Waals surface area contributed by atoms with Gasteiger partial charge in [0.05, 0.1) is 17.9 Å². The van der Waals surface area contributed by atoms with E-state index in [0.29, 0.717) is 12.1 Å². The lowest BCUT2D eigenvalue weighted by Crippen LogP contribution is -2.27. The van der Waals surface area contributed by atoms with Gasteiger partial charge in [0.25, 0.3) is 0 Å². The first-order chi connectivity index (χ1) is 10.6. The van der Waals surface area contributed by atoms with Gasteiger partial charge >= 0.3 is 5.56 Å². The summed E-state index contributed by atoms with van der Waals surface area (Å²) in [6.07, 6.45) is 3.49. The number of hydrogen-bond donors (Lipinski definition) is 2. The molecule has 3 rings (SSSR count). The highest BCUT2D eigenvalue weighted by atomic mass is 16.2. The number of pyridine rings is 1. The third-order valence-electron chi connectivity index (χ3n) is 3.46. The first-order valence-electron chi connectivity index (χ1n) is 6.80. The minimum atomic E-state index is -0.542. The maximum atomic E-state index is 12.9. The molecule has 0 spiro atoms. The highest BCUT2D eigenvalue weighted by Gasteiger charge is 2.25. The molecule has 22 heavy (non-hydrogen) atoms. The van der Waals surface area contributed by atoms with Crippen LogP contribution in [0.3, 0.4) is 0 Å². The Morgan fingerprint density at radius 1 is 1.41 bits per heavy atom. The summed E-state index contributed by atoms with van der Waals surface area (Å²) in [6, 6.07) is 5.37. The number of carbonyl (C=O) groups excluding carboxylic acids is 1. The van der Waals surface area contributed by atoms with Crippen LogP contribution in [-0.2, 0) is 0 Å². The molecule has 0 aliphatic carbocycles. The number of rotatable bonds is 3. The number of anilines is 1. The van der Waals surface area contributed by atoms with Crippen molar-refractivity contribution in [3.05, 3.63) is 46.8 Å². The number of nitrogen functional groups attached to an aromatic ring is 1. The zero-order valence-electron chi connectivity index (χ0n) is 11.9. The Morgan fingerprint density at radius 3 is 2.91 bits per heavy atom. The summed E-state index contributed by atoms with van der Waals surface area (Å²) < 4.78 is 1.16. The van der Waals surface area contributed by atoms with Gasteiger partial charge in [-0.3, -0.25) is 14.6 Å². The van der Waals surface area contributed by atoms with E-state index < -0.39 is 11.5 Å². The van der Waals surface area contributed by atoms with Crippen LogP contribution in [0.5, 0.6) is 0 Å². The molecule has 0 radical (unpaired) electrons. The molecular formula is C14H14N6O2. The molecule has 0 bridgehead atoms. The number of imidazole rings is 1. The van der Waals surface area contributed by atoms with Crippen LogP contribution >= 0.6 is 0 Å². The predicted octanol–water partition coefficient (Wildman–Crippen LogP) is 0.931. The summed E-state index contributed by atoms with van der Waals surface area (Å²) in [7, 11) is 0. The highest BCUT2D eigenvalue weighted by Crippen LogP contribution is 2.22. The van der Waals surface area contributed by atoms with Crippen LogP contribution in [-0.4, -0.2) is 30.4 Å².